The first-order valence-corrected chi connectivity index (χ1v) is 4.37. The summed E-state index contributed by atoms with van der Waals surface area (Å²) in [5, 5.41) is 0. The smallest absolute Gasteiger partial charge is 0.0496 e. The van der Waals surface area contributed by atoms with Crippen LogP contribution in [0.15, 0.2) is 0 Å². The monoisotopic (exact) mass is 157 g/mol. The van der Waals surface area contributed by atoms with Crippen molar-refractivity contribution in [1.29, 1.82) is 0 Å². The molecule has 0 spiro atoms. The summed E-state index contributed by atoms with van der Waals surface area (Å²) < 4.78 is 10.7. The fourth-order valence-electron chi connectivity index (χ4n) is 1.27. The van der Waals surface area contributed by atoms with Gasteiger partial charge in [-0.05, 0) is 25.2 Å². The van der Waals surface area contributed by atoms with Gasteiger partial charge in [-0.25, -0.2) is 0 Å². The molecule has 1 saturated heterocycles. The summed E-state index contributed by atoms with van der Waals surface area (Å²) in [4.78, 5) is 0. The molecule has 1 aliphatic rings. The number of hydrogen-bond acceptors (Lipinski definition) is 2. The molecule has 1 rings (SSSR count). The van der Waals surface area contributed by atoms with E-state index >= 15 is 0 Å². The van der Waals surface area contributed by atoms with Crippen LogP contribution in [0.4, 0.5) is 0 Å². The molecule has 0 aromatic rings. The van der Waals surface area contributed by atoms with E-state index in [1.807, 2.05) is 13.3 Å². The van der Waals surface area contributed by atoms with Crippen molar-refractivity contribution < 1.29 is 9.47 Å². The Kier molecular flexibility index (Phi) is 4.55. The van der Waals surface area contributed by atoms with Crippen molar-refractivity contribution in [2.24, 2.45) is 5.92 Å². The summed E-state index contributed by atoms with van der Waals surface area (Å²) in [7, 11) is 0. The van der Waals surface area contributed by atoms with Crippen molar-refractivity contribution in [3.8, 4) is 0 Å². The van der Waals surface area contributed by atoms with Crippen molar-refractivity contribution in [1.82, 2.24) is 0 Å². The van der Waals surface area contributed by atoms with Gasteiger partial charge < -0.3 is 9.47 Å². The van der Waals surface area contributed by atoms with E-state index < -0.39 is 0 Å². The van der Waals surface area contributed by atoms with Crippen LogP contribution >= 0.6 is 0 Å². The van der Waals surface area contributed by atoms with Gasteiger partial charge in [0.15, 0.2) is 0 Å². The highest BCUT2D eigenvalue weighted by Gasteiger charge is 2.12. The third-order valence-electron chi connectivity index (χ3n) is 1.98. The van der Waals surface area contributed by atoms with E-state index in [4.69, 9.17) is 9.47 Å². The second-order valence-corrected chi connectivity index (χ2v) is 3.00. The lowest BCUT2D eigenvalue weighted by Gasteiger charge is -2.21. The van der Waals surface area contributed by atoms with E-state index in [9.17, 15) is 0 Å². The second kappa shape index (κ2) is 5.56. The van der Waals surface area contributed by atoms with E-state index in [0.717, 1.165) is 32.3 Å². The molecule has 2 heteroatoms. The van der Waals surface area contributed by atoms with Gasteiger partial charge in [-0.15, -0.1) is 0 Å². The predicted octanol–water partition coefficient (Wildman–Crippen LogP) is 1.65. The highest BCUT2D eigenvalue weighted by Crippen LogP contribution is 2.14. The lowest BCUT2D eigenvalue weighted by atomic mass is 10.0. The maximum Gasteiger partial charge on any atom is 0.0496 e. The molecule has 0 saturated carbocycles. The first kappa shape index (κ1) is 9.01. The van der Waals surface area contributed by atoms with Gasteiger partial charge in [-0.1, -0.05) is 6.92 Å². The molecule has 1 aliphatic heterocycles. The average Bonchev–Trinajstić information content (AvgIpc) is 2.07. The van der Waals surface area contributed by atoms with E-state index in [-0.39, 0.29) is 0 Å². The van der Waals surface area contributed by atoms with E-state index in [0.29, 0.717) is 0 Å². The first-order chi connectivity index (χ1) is 5.43. The van der Waals surface area contributed by atoms with Crippen molar-refractivity contribution in [3.05, 3.63) is 6.42 Å². The Hall–Kier alpha value is -0.0800. The zero-order valence-corrected chi connectivity index (χ0v) is 7.21. The van der Waals surface area contributed by atoms with Gasteiger partial charge in [-0.2, -0.15) is 0 Å². The summed E-state index contributed by atoms with van der Waals surface area (Å²) in [5.41, 5.74) is 0. The normalized spacial score (nSPS) is 20.5. The summed E-state index contributed by atoms with van der Waals surface area (Å²) in [6.07, 6.45) is 4.38. The zero-order chi connectivity index (χ0) is 7.94. The summed E-state index contributed by atoms with van der Waals surface area (Å²) in [6, 6.07) is 0. The van der Waals surface area contributed by atoms with Crippen LogP contribution in [-0.2, 0) is 9.47 Å². The third-order valence-corrected chi connectivity index (χ3v) is 1.98. The van der Waals surface area contributed by atoms with Crippen LogP contribution in [0.3, 0.4) is 0 Å². The first-order valence-electron chi connectivity index (χ1n) is 4.37. The molecule has 2 nitrogen and oxygen atoms in total. The highest BCUT2D eigenvalue weighted by molar-refractivity contribution is 4.63. The molecule has 0 N–H and O–H groups in total. The standard InChI is InChI=1S/C9H17O2/c1-2-5-11-8-9-3-6-10-7-4-9/h2,9H,3-8H2,1H3. The Bertz CT molecular complexity index is 87.6. The summed E-state index contributed by atoms with van der Waals surface area (Å²) in [5.74, 6) is 0.740. The van der Waals surface area contributed by atoms with Crippen LogP contribution in [0.1, 0.15) is 19.8 Å². The fourth-order valence-corrected chi connectivity index (χ4v) is 1.27. The molecule has 0 aromatic carbocycles. The molecular weight excluding hydrogens is 140 g/mol. The van der Waals surface area contributed by atoms with Crippen molar-refractivity contribution >= 4 is 0 Å². The van der Waals surface area contributed by atoms with Gasteiger partial charge in [0, 0.05) is 26.4 Å². The van der Waals surface area contributed by atoms with Crippen LogP contribution in [0.2, 0.25) is 0 Å². The topological polar surface area (TPSA) is 18.5 Å². The molecule has 1 heterocycles. The third kappa shape index (κ3) is 3.73. The molecule has 0 atom stereocenters. The molecule has 65 valence electrons. The number of hydrogen-bond donors (Lipinski definition) is 0. The average molecular weight is 157 g/mol. The molecule has 0 amide bonds. The van der Waals surface area contributed by atoms with Crippen LogP contribution in [0.5, 0.6) is 0 Å². The lowest BCUT2D eigenvalue weighted by molar-refractivity contribution is 0.0255. The second-order valence-electron chi connectivity index (χ2n) is 3.00. The van der Waals surface area contributed by atoms with Gasteiger partial charge in [0.2, 0.25) is 0 Å². The Morgan fingerprint density at radius 2 is 2.18 bits per heavy atom. The van der Waals surface area contributed by atoms with Crippen molar-refractivity contribution in [2.75, 3.05) is 26.4 Å². The molecule has 0 bridgehead atoms. The van der Waals surface area contributed by atoms with Gasteiger partial charge in [0.1, 0.15) is 0 Å². The lowest BCUT2D eigenvalue weighted by Crippen LogP contribution is -2.20. The predicted molar refractivity (Wildman–Crippen MR) is 44.3 cm³/mol. The molecule has 11 heavy (non-hydrogen) atoms. The SMILES string of the molecule is C[CH]COCC1CCOCC1. The number of rotatable bonds is 4. The van der Waals surface area contributed by atoms with Gasteiger partial charge in [-0.3, -0.25) is 0 Å². The Morgan fingerprint density at radius 1 is 1.45 bits per heavy atom. The Morgan fingerprint density at radius 3 is 2.82 bits per heavy atom. The number of ether oxygens (including phenoxy) is 2. The Labute approximate surface area is 68.9 Å². The molecule has 0 aromatic heterocycles. The maximum atomic E-state index is 5.41. The summed E-state index contributed by atoms with van der Waals surface area (Å²) in [6.45, 7) is 5.56. The Balaban J connectivity index is 1.96. The highest BCUT2D eigenvalue weighted by atomic mass is 16.5. The largest absolute Gasteiger partial charge is 0.381 e. The molecule has 0 unspecified atom stereocenters. The maximum absolute atomic E-state index is 5.41. The van der Waals surface area contributed by atoms with E-state index in [1.54, 1.807) is 0 Å². The van der Waals surface area contributed by atoms with Gasteiger partial charge >= 0.3 is 0 Å². The molecule has 1 fully saturated rings. The molecular formula is C9H17O2. The van der Waals surface area contributed by atoms with Crippen LogP contribution < -0.4 is 0 Å². The fraction of sp³-hybridized carbons (Fsp3) is 0.889. The molecule has 1 radical (unpaired) electrons. The van der Waals surface area contributed by atoms with Crippen LogP contribution in [-0.4, -0.2) is 26.4 Å². The van der Waals surface area contributed by atoms with E-state index in [2.05, 4.69) is 0 Å². The van der Waals surface area contributed by atoms with Crippen molar-refractivity contribution in [3.63, 3.8) is 0 Å². The minimum Gasteiger partial charge on any atom is -0.381 e. The van der Waals surface area contributed by atoms with Gasteiger partial charge in [0.25, 0.3) is 0 Å². The van der Waals surface area contributed by atoms with Crippen molar-refractivity contribution in [2.45, 2.75) is 19.8 Å². The quantitative estimate of drug-likeness (QED) is 0.578. The minimum atomic E-state index is 0.740. The van der Waals surface area contributed by atoms with Crippen LogP contribution in [0.25, 0.3) is 0 Å². The van der Waals surface area contributed by atoms with Gasteiger partial charge in [0.05, 0.1) is 0 Å². The van der Waals surface area contributed by atoms with E-state index in [1.165, 1.54) is 12.8 Å². The zero-order valence-electron chi connectivity index (χ0n) is 7.21. The summed E-state index contributed by atoms with van der Waals surface area (Å²) >= 11 is 0. The molecule has 0 aliphatic carbocycles. The van der Waals surface area contributed by atoms with Crippen LogP contribution in [0, 0.1) is 12.3 Å². The minimum absolute atomic E-state index is 0.740.